The molecule has 1 amide bonds. The zero-order valence-corrected chi connectivity index (χ0v) is 14.6. The number of nitrogens with one attached hydrogen (secondary N) is 1. The van der Waals surface area contributed by atoms with Crippen molar-refractivity contribution in [2.75, 3.05) is 31.1 Å². The van der Waals surface area contributed by atoms with Crippen LogP contribution in [0.1, 0.15) is 22.2 Å². The molecule has 1 aliphatic rings. The number of carbonyl (C=O) groups excluding carboxylic acids is 1. The number of hydrogen-bond donors (Lipinski definition) is 1. The van der Waals surface area contributed by atoms with Gasteiger partial charge in [0.15, 0.2) is 0 Å². The SMILES string of the molecule is O=C(NCC(c1ccco1)N1CCSCC1)c1c(F)cccc1Cl. The van der Waals surface area contributed by atoms with Crippen molar-refractivity contribution in [1.29, 1.82) is 0 Å². The maximum Gasteiger partial charge on any atom is 0.255 e. The monoisotopic (exact) mass is 368 g/mol. The molecule has 1 aromatic heterocycles. The topological polar surface area (TPSA) is 45.5 Å². The summed E-state index contributed by atoms with van der Waals surface area (Å²) in [5.74, 6) is 1.75. The van der Waals surface area contributed by atoms with Crippen molar-refractivity contribution in [2.24, 2.45) is 0 Å². The third-order valence-corrected chi connectivity index (χ3v) is 5.26. The quantitative estimate of drug-likeness (QED) is 0.876. The van der Waals surface area contributed by atoms with Gasteiger partial charge in [-0.2, -0.15) is 11.8 Å². The number of amides is 1. The Morgan fingerprint density at radius 3 is 2.79 bits per heavy atom. The van der Waals surface area contributed by atoms with E-state index in [4.69, 9.17) is 16.0 Å². The summed E-state index contributed by atoms with van der Waals surface area (Å²) < 4.78 is 19.4. The van der Waals surface area contributed by atoms with Gasteiger partial charge in [0.2, 0.25) is 0 Å². The fraction of sp³-hybridized carbons (Fsp3) is 0.353. The molecule has 0 aliphatic carbocycles. The molecule has 1 N–H and O–H groups in total. The van der Waals surface area contributed by atoms with E-state index in [0.29, 0.717) is 6.54 Å². The van der Waals surface area contributed by atoms with Crippen molar-refractivity contribution in [3.8, 4) is 0 Å². The Balaban J connectivity index is 1.72. The smallest absolute Gasteiger partial charge is 0.255 e. The van der Waals surface area contributed by atoms with Crippen LogP contribution in [-0.4, -0.2) is 41.9 Å². The molecule has 3 rings (SSSR count). The first-order chi connectivity index (χ1) is 11.7. The zero-order chi connectivity index (χ0) is 16.9. The van der Waals surface area contributed by atoms with Gasteiger partial charge < -0.3 is 9.73 Å². The molecular formula is C17H18ClFN2O2S. The maximum absolute atomic E-state index is 13.9. The van der Waals surface area contributed by atoms with E-state index in [1.54, 1.807) is 6.26 Å². The van der Waals surface area contributed by atoms with Gasteiger partial charge in [0.25, 0.3) is 5.91 Å². The summed E-state index contributed by atoms with van der Waals surface area (Å²) in [4.78, 5) is 14.6. The van der Waals surface area contributed by atoms with Crippen molar-refractivity contribution in [3.05, 3.63) is 58.8 Å². The first-order valence-corrected chi connectivity index (χ1v) is 9.27. The van der Waals surface area contributed by atoms with E-state index < -0.39 is 11.7 Å². The molecule has 0 bridgehead atoms. The number of benzene rings is 1. The van der Waals surface area contributed by atoms with Crippen LogP contribution in [0.4, 0.5) is 4.39 Å². The summed E-state index contributed by atoms with van der Waals surface area (Å²) in [6.45, 7) is 2.18. The van der Waals surface area contributed by atoms with Crippen LogP contribution >= 0.6 is 23.4 Å². The molecule has 2 heterocycles. The Bertz CT molecular complexity index is 670. The summed E-state index contributed by atoms with van der Waals surface area (Å²) in [5.41, 5.74) is -0.119. The molecule has 4 nitrogen and oxygen atoms in total. The molecule has 1 saturated heterocycles. The summed E-state index contributed by atoms with van der Waals surface area (Å²) >= 11 is 7.87. The Morgan fingerprint density at radius 2 is 2.12 bits per heavy atom. The van der Waals surface area contributed by atoms with Crippen LogP contribution in [-0.2, 0) is 0 Å². The molecule has 1 aliphatic heterocycles. The van der Waals surface area contributed by atoms with Gasteiger partial charge in [-0.05, 0) is 24.3 Å². The number of carbonyl (C=O) groups is 1. The van der Waals surface area contributed by atoms with Crippen molar-refractivity contribution in [2.45, 2.75) is 6.04 Å². The number of nitrogens with zero attached hydrogens (tertiary/aromatic N) is 1. The van der Waals surface area contributed by atoms with E-state index in [1.165, 1.54) is 18.2 Å². The van der Waals surface area contributed by atoms with Crippen molar-refractivity contribution >= 4 is 29.3 Å². The van der Waals surface area contributed by atoms with E-state index in [9.17, 15) is 9.18 Å². The molecule has 24 heavy (non-hydrogen) atoms. The largest absolute Gasteiger partial charge is 0.468 e. The number of thioether (sulfide) groups is 1. The summed E-state index contributed by atoms with van der Waals surface area (Å²) in [7, 11) is 0. The fourth-order valence-corrected chi connectivity index (χ4v) is 3.95. The third kappa shape index (κ3) is 3.94. The Labute approximate surface area is 149 Å². The summed E-state index contributed by atoms with van der Waals surface area (Å²) in [6.07, 6.45) is 1.62. The van der Waals surface area contributed by atoms with Gasteiger partial charge in [0, 0.05) is 31.1 Å². The second-order valence-electron chi connectivity index (χ2n) is 5.49. The maximum atomic E-state index is 13.9. The second kappa shape index (κ2) is 8.05. The lowest BCUT2D eigenvalue weighted by Crippen LogP contribution is -2.42. The fourth-order valence-electron chi connectivity index (χ4n) is 2.77. The van der Waals surface area contributed by atoms with E-state index in [0.717, 1.165) is 30.4 Å². The highest BCUT2D eigenvalue weighted by atomic mass is 35.5. The highest BCUT2D eigenvalue weighted by molar-refractivity contribution is 7.99. The minimum atomic E-state index is -0.621. The van der Waals surface area contributed by atoms with Crippen LogP contribution in [0.5, 0.6) is 0 Å². The van der Waals surface area contributed by atoms with Crippen LogP contribution in [0.15, 0.2) is 41.0 Å². The predicted molar refractivity (Wildman–Crippen MR) is 94.1 cm³/mol. The first kappa shape index (κ1) is 17.3. The van der Waals surface area contributed by atoms with Gasteiger partial charge in [-0.25, -0.2) is 4.39 Å². The van der Waals surface area contributed by atoms with Crippen molar-refractivity contribution < 1.29 is 13.6 Å². The van der Waals surface area contributed by atoms with E-state index >= 15 is 0 Å². The van der Waals surface area contributed by atoms with Crippen LogP contribution in [0.2, 0.25) is 5.02 Å². The van der Waals surface area contributed by atoms with Crippen LogP contribution in [0, 0.1) is 5.82 Å². The van der Waals surface area contributed by atoms with Gasteiger partial charge in [0.05, 0.1) is 22.9 Å². The lowest BCUT2D eigenvalue weighted by atomic mass is 10.1. The molecule has 1 unspecified atom stereocenters. The van der Waals surface area contributed by atoms with Gasteiger partial charge in [-0.15, -0.1) is 0 Å². The Kier molecular flexibility index (Phi) is 5.81. The number of hydrogen-bond acceptors (Lipinski definition) is 4. The normalized spacial score (nSPS) is 16.8. The molecule has 2 aromatic rings. The molecule has 1 fully saturated rings. The standard InChI is InChI=1S/C17H18ClFN2O2S/c18-12-3-1-4-13(19)16(12)17(22)20-11-14(15-5-2-8-23-15)21-6-9-24-10-7-21/h1-5,8,14H,6-7,9-11H2,(H,20,22). The van der Waals surface area contributed by atoms with Crippen LogP contribution in [0.3, 0.4) is 0 Å². The summed E-state index contributed by atoms with van der Waals surface area (Å²) in [6, 6.07) is 7.87. The lowest BCUT2D eigenvalue weighted by Gasteiger charge is -2.33. The predicted octanol–water partition coefficient (Wildman–Crippen LogP) is 3.59. The van der Waals surface area contributed by atoms with Crippen molar-refractivity contribution in [1.82, 2.24) is 10.2 Å². The average Bonchev–Trinajstić information content (AvgIpc) is 3.10. The van der Waals surface area contributed by atoms with Crippen LogP contribution < -0.4 is 5.32 Å². The number of furan rings is 1. The molecular weight excluding hydrogens is 351 g/mol. The molecule has 1 aromatic carbocycles. The van der Waals surface area contributed by atoms with E-state index in [-0.39, 0.29) is 16.6 Å². The van der Waals surface area contributed by atoms with E-state index in [2.05, 4.69) is 10.2 Å². The van der Waals surface area contributed by atoms with Crippen molar-refractivity contribution in [3.63, 3.8) is 0 Å². The first-order valence-electron chi connectivity index (χ1n) is 7.74. The van der Waals surface area contributed by atoms with Gasteiger partial charge >= 0.3 is 0 Å². The van der Waals surface area contributed by atoms with Crippen LogP contribution in [0.25, 0.3) is 0 Å². The molecule has 7 heteroatoms. The summed E-state index contributed by atoms with van der Waals surface area (Å²) in [5, 5.41) is 2.90. The second-order valence-corrected chi connectivity index (χ2v) is 7.12. The molecule has 0 spiro atoms. The third-order valence-electron chi connectivity index (χ3n) is 4.00. The van der Waals surface area contributed by atoms with Gasteiger partial charge in [-0.1, -0.05) is 17.7 Å². The molecule has 0 radical (unpaired) electrons. The highest BCUT2D eigenvalue weighted by Gasteiger charge is 2.26. The molecule has 128 valence electrons. The number of rotatable bonds is 5. The number of halogens is 2. The minimum absolute atomic E-state index is 0.0737. The minimum Gasteiger partial charge on any atom is -0.468 e. The Morgan fingerprint density at radius 1 is 1.33 bits per heavy atom. The lowest BCUT2D eigenvalue weighted by molar-refractivity contribution is 0.0926. The average molecular weight is 369 g/mol. The highest BCUT2D eigenvalue weighted by Crippen LogP contribution is 2.25. The Hall–Kier alpha value is -1.50. The van der Waals surface area contributed by atoms with E-state index in [1.807, 2.05) is 23.9 Å². The zero-order valence-electron chi connectivity index (χ0n) is 13.0. The van der Waals surface area contributed by atoms with Gasteiger partial charge in [0.1, 0.15) is 11.6 Å². The van der Waals surface area contributed by atoms with Gasteiger partial charge in [-0.3, -0.25) is 9.69 Å². The molecule has 1 atom stereocenters. The molecule has 0 saturated carbocycles.